The lowest BCUT2D eigenvalue weighted by Gasteiger charge is -2.29. The molecule has 12 heteroatoms. The van der Waals surface area contributed by atoms with Crippen molar-refractivity contribution in [3.8, 4) is 16.9 Å². The van der Waals surface area contributed by atoms with Crippen LogP contribution in [0.5, 0.6) is 0 Å². The van der Waals surface area contributed by atoms with Crippen LogP contribution in [0.4, 0.5) is 0 Å². The number of piperidine rings is 1. The fraction of sp³-hybridized carbons (Fsp3) is 0.250. The molecule has 2 aromatic heterocycles. The third-order valence-corrected chi connectivity index (χ3v) is 5.50. The Morgan fingerprint density at radius 3 is 2.84 bits per heavy atom. The van der Waals surface area contributed by atoms with Gasteiger partial charge in [-0.25, -0.2) is 4.68 Å². The van der Waals surface area contributed by atoms with Gasteiger partial charge in [0, 0.05) is 30.3 Å². The first kappa shape index (κ1) is 19.6. The number of aromatic nitrogens is 5. The average molecular weight is 435 g/mol. The van der Waals surface area contributed by atoms with E-state index >= 15 is 0 Å². The Balaban J connectivity index is 1.37. The van der Waals surface area contributed by atoms with Crippen LogP contribution in [0.2, 0.25) is 0 Å². The van der Waals surface area contributed by atoms with Crippen molar-refractivity contribution in [1.29, 1.82) is 0 Å². The molecule has 0 saturated carbocycles. The van der Waals surface area contributed by atoms with Gasteiger partial charge in [-0.1, -0.05) is 11.3 Å². The Morgan fingerprint density at radius 2 is 2.06 bits per heavy atom. The summed E-state index contributed by atoms with van der Waals surface area (Å²) in [6.07, 6.45) is 5.22. The van der Waals surface area contributed by atoms with E-state index in [1.165, 1.54) is 20.5 Å². The van der Waals surface area contributed by atoms with Crippen LogP contribution in [0.1, 0.15) is 28.8 Å². The second-order valence-electron chi connectivity index (χ2n) is 7.61. The number of imide groups is 1. The van der Waals surface area contributed by atoms with E-state index in [4.69, 9.17) is 5.11 Å². The van der Waals surface area contributed by atoms with Crippen molar-refractivity contribution < 1.29 is 24.3 Å². The lowest BCUT2D eigenvalue weighted by molar-refractivity contribution is -0.138. The normalized spacial score (nSPS) is 18.1. The molecule has 1 unspecified atom stereocenters. The van der Waals surface area contributed by atoms with E-state index in [1.54, 1.807) is 30.6 Å². The number of aliphatic carboxylic acids is 1. The third-order valence-electron chi connectivity index (χ3n) is 5.50. The van der Waals surface area contributed by atoms with Crippen LogP contribution >= 0.6 is 0 Å². The number of benzene rings is 1. The van der Waals surface area contributed by atoms with E-state index in [2.05, 4.69) is 20.7 Å². The fourth-order valence-corrected chi connectivity index (χ4v) is 3.93. The monoisotopic (exact) mass is 435 g/mol. The van der Waals surface area contributed by atoms with Gasteiger partial charge in [0.1, 0.15) is 18.3 Å². The van der Waals surface area contributed by atoms with Gasteiger partial charge in [0.15, 0.2) is 0 Å². The highest BCUT2D eigenvalue weighted by atomic mass is 16.4. The molecule has 1 aromatic carbocycles. The average Bonchev–Trinajstić information content (AvgIpc) is 3.47. The standard InChI is InChI=1S/C20H17N7O5/c28-17-4-3-16(19(31)22-17)26-8-11-1-2-13(5-14(11)20(26)32)27-9-15(23-24-27)12-6-21-25(7-12)10-18(29)30/h1-2,5-7,9,16H,3-4,8,10H2,(H,29,30)(H,22,28,31). The van der Waals surface area contributed by atoms with E-state index in [9.17, 15) is 19.2 Å². The Morgan fingerprint density at radius 1 is 1.22 bits per heavy atom. The molecule has 0 aliphatic carbocycles. The Hall–Kier alpha value is -4.35. The summed E-state index contributed by atoms with van der Waals surface area (Å²) in [7, 11) is 0. The molecule has 1 saturated heterocycles. The molecule has 162 valence electrons. The van der Waals surface area contributed by atoms with Gasteiger partial charge < -0.3 is 10.0 Å². The summed E-state index contributed by atoms with van der Waals surface area (Å²) in [4.78, 5) is 48.9. The Kier molecular flexibility index (Phi) is 4.54. The van der Waals surface area contributed by atoms with E-state index < -0.39 is 17.9 Å². The van der Waals surface area contributed by atoms with Crippen molar-refractivity contribution in [2.75, 3.05) is 0 Å². The molecular formula is C20H17N7O5. The summed E-state index contributed by atoms with van der Waals surface area (Å²) in [6, 6.07) is 4.62. The zero-order chi connectivity index (χ0) is 22.4. The summed E-state index contributed by atoms with van der Waals surface area (Å²) in [5.74, 6) is -2.05. The van der Waals surface area contributed by atoms with Crippen molar-refractivity contribution in [2.45, 2.75) is 32.0 Å². The van der Waals surface area contributed by atoms with Crippen LogP contribution in [0.25, 0.3) is 16.9 Å². The van der Waals surface area contributed by atoms with Gasteiger partial charge >= 0.3 is 5.97 Å². The zero-order valence-electron chi connectivity index (χ0n) is 16.6. The second kappa shape index (κ2) is 7.41. The molecule has 1 fully saturated rings. The van der Waals surface area contributed by atoms with Crippen LogP contribution in [0, 0.1) is 0 Å². The highest BCUT2D eigenvalue weighted by molar-refractivity contribution is 6.05. The highest BCUT2D eigenvalue weighted by Crippen LogP contribution is 2.29. The number of carbonyl (C=O) groups excluding carboxylic acids is 3. The molecule has 32 heavy (non-hydrogen) atoms. The van der Waals surface area contributed by atoms with Gasteiger partial charge in [0.2, 0.25) is 11.8 Å². The molecule has 12 nitrogen and oxygen atoms in total. The number of rotatable bonds is 5. The molecule has 2 N–H and O–H groups in total. The van der Waals surface area contributed by atoms with Crippen molar-refractivity contribution in [2.24, 2.45) is 0 Å². The number of carbonyl (C=O) groups is 4. The quantitative estimate of drug-likeness (QED) is 0.530. The topological polar surface area (TPSA) is 152 Å². The number of fused-ring (bicyclic) bond motifs is 1. The van der Waals surface area contributed by atoms with Crippen LogP contribution in [-0.2, 0) is 27.5 Å². The smallest absolute Gasteiger partial charge is 0.325 e. The fourth-order valence-electron chi connectivity index (χ4n) is 3.93. The van der Waals surface area contributed by atoms with Gasteiger partial charge in [-0.05, 0) is 24.1 Å². The van der Waals surface area contributed by atoms with Gasteiger partial charge in [0.05, 0.1) is 18.1 Å². The number of carboxylic acid groups (broad SMARTS) is 1. The number of hydrogen-bond acceptors (Lipinski definition) is 7. The van der Waals surface area contributed by atoms with Crippen molar-refractivity contribution in [3.63, 3.8) is 0 Å². The van der Waals surface area contributed by atoms with Gasteiger partial charge in [-0.2, -0.15) is 5.10 Å². The summed E-state index contributed by atoms with van der Waals surface area (Å²) < 4.78 is 2.79. The highest BCUT2D eigenvalue weighted by Gasteiger charge is 2.39. The minimum atomic E-state index is -1.00. The molecule has 3 aromatic rings. The number of amides is 3. The predicted molar refractivity (Wildman–Crippen MR) is 106 cm³/mol. The second-order valence-corrected chi connectivity index (χ2v) is 7.61. The van der Waals surface area contributed by atoms with Crippen molar-refractivity contribution >= 4 is 23.7 Å². The lowest BCUT2D eigenvalue weighted by atomic mass is 10.0. The van der Waals surface area contributed by atoms with Gasteiger partial charge in [-0.15, -0.1) is 5.10 Å². The molecule has 2 aliphatic rings. The first-order valence-corrected chi connectivity index (χ1v) is 9.84. The SMILES string of the molecule is O=C(O)Cn1cc(-c2cn(-c3ccc4c(c3)C(=O)N(C3CCC(=O)NC3=O)C4)nn2)cn1. The van der Waals surface area contributed by atoms with E-state index in [1.807, 2.05) is 0 Å². The maximum Gasteiger partial charge on any atom is 0.325 e. The summed E-state index contributed by atoms with van der Waals surface area (Å²) in [5, 5.41) is 23.3. The minimum absolute atomic E-state index is 0.201. The number of nitrogens with one attached hydrogen (secondary N) is 1. The molecule has 2 aliphatic heterocycles. The zero-order valence-corrected chi connectivity index (χ0v) is 16.6. The molecule has 0 spiro atoms. The first-order valence-electron chi connectivity index (χ1n) is 9.84. The molecule has 1 atom stereocenters. The van der Waals surface area contributed by atoms with Gasteiger partial charge in [0.25, 0.3) is 5.91 Å². The number of carboxylic acids is 1. The number of hydrogen-bond donors (Lipinski definition) is 2. The predicted octanol–water partition coefficient (Wildman–Crippen LogP) is -0.0236. The lowest BCUT2D eigenvalue weighted by Crippen LogP contribution is -2.52. The van der Waals surface area contributed by atoms with Crippen LogP contribution < -0.4 is 5.32 Å². The number of nitrogens with zero attached hydrogens (tertiary/aromatic N) is 6. The summed E-state index contributed by atoms with van der Waals surface area (Å²) in [5.41, 5.74) is 2.98. The molecule has 5 rings (SSSR count). The minimum Gasteiger partial charge on any atom is -0.480 e. The first-order chi connectivity index (χ1) is 15.4. The third kappa shape index (κ3) is 3.41. The largest absolute Gasteiger partial charge is 0.480 e. The Labute approximate surface area is 180 Å². The van der Waals surface area contributed by atoms with Crippen molar-refractivity contribution in [3.05, 3.63) is 47.9 Å². The van der Waals surface area contributed by atoms with E-state index in [-0.39, 0.29) is 24.8 Å². The maximum absolute atomic E-state index is 13.0. The van der Waals surface area contributed by atoms with Crippen LogP contribution in [-0.4, -0.2) is 64.5 Å². The summed E-state index contributed by atoms with van der Waals surface area (Å²) in [6.45, 7) is 0.0385. The van der Waals surface area contributed by atoms with Crippen LogP contribution in [0.3, 0.4) is 0 Å². The van der Waals surface area contributed by atoms with Crippen LogP contribution in [0.15, 0.2) is 36.8 Å². The van der Waals surface area contributed by atoms with Gasteiger partial charge in [-0.3, -0.25) is 29.2 Å². The van der Waals surface area contributed by atoms with Crippen molar-refractivity contribution in [1.82, 2.24) is 35.0 Å². The Bertz CT molecular complexity index is 1280. The maximum atomic E-state index is 13.0. The molecule has 0 bridgehead atoms. The molecule has 0 radical (unpaired) electrons. The van der Waals surface area contributed by atoms with E-state index in [0.29, 0.717) is 35.5 Å². The molecule has 4 heterocycles. The summed E-state index contributed by atoms with van der Waals surface area (Å²) >= 11 is 0. The molecular weight excluding hydrogens is 418 g/mol. The molecule has 3 amide bonds. The van der Waals surface area contributed by atoms with E-state index in [0.717, 1.165) is 5.56 Å².